The summed E-state index contributed by atoms with van der Waals surface area (Å²) in [5.41, 5.74) is 11.2. The summed E-state index contributed by atoms with van der Waals surface area (Å²) in [6.07, 6.45) is 1.55. The lowest BCUT2D eigenvalue weighted by atomic mass is 9.97. The number of benzene rings is 3. The van der Waals surface area contributed by atoms with Gasteiger partial charge in [-0.05, 0) is 42.0 Å². The molecule has 1 aromatic heterocycles. The Morgan fingerprint density at radius 2 is 1.57 bits per heavy atom. The van der Waals surface area contributed by atoms with E-state index in [2.05, 4.69) is 20.7 Å². The van der Waals surface area contributed by atoms with Gasteiger partial charge >= 0.3 is 0 Å². The number of amidine groups is 1. The van der Waals surface area contributed by atoms with Crippen molar-refractivity contribution in [2.45, 2.75) is 5.92 Å². The van der Waals surface area contributed by atoms with Crippen LogP contribution in [0.4, 0.5) is 11.5 Å². The van der Waals surface area contributed by atoms with Gasteiger partial charge in [0.05, 0.1) is 17.2 Å². The number of fused-ring (bicyclic) bond motifs is 1. The molecule has 0 aliphatic heterocycles. The van der Waals surface area contributed by atoms with E-state index in [-0.39, 0.29) is 12.3 Å². The van der Waals surface area contributed by atoms with E-state index in [1.54, 1.807) is 61.8 Å². The Labute approximate surface area is 212 Å². The van der Waals surface area contributed by atoms with Crippen LogP contribution in [0, 0.1) is 5.41 Å². The molecular weight excluding hydrogens is 474 g/mol. The first-order chi connectivity index (χ1) is 17.8. The van der Waals surface area contributed by atoms with E-state index in [0.717, 1.165) is 5.52 Å². The first kappa shape index (κ1) is 26.3. The molecule has 0 aliphatic carbocycles. The maximum absolute atomic E-state index is 13.3. The molecule has 0 saturated carbocycles. The normalized spacial score (nSPS) is 10.8. The summed E-state index contributed by atoms with van der Waals surface area (Å²) in [6.45, 7) is -0.250. The van der Waals surface area contributed by atoms with Crippen molar-refractivity contribution in [1.29, 1.82) is 5.41 Å². The standard InChI is InChI=1S/C25H23N7O2.CH2O2/c1-32(21-15-28-19-9-5-6-10-20(19)30-21)31-25(34)22(16-7-3-2-4-8-16)24(33)29-18-13-11-17(12-14-18)23(26)27;2-1-3/h2-15,22H,1H3,(H3,26,27)(H,29,33)(H,31,34);1H,(H,2,3). The summed E-state index contributed by atoms with van der Waals surface area (Å²) in [5, 5.41) is 18.6. The molecule has 2 amide bonds. The van der Waals surface area contributed by atoms with Crippen LogP contribution in [0.1, 0.15) is 17.0 Å². The summed E-state index contributed by atoms with van der Waals surface area (Å²) in [4.78, 5) is 43.7. The zero-order chi connectivity index (χ0) is 26.8. The molecule has 1 heterocycles. The van der Waals surface area contributed by atoms with Gasteiger partial charge in [-0.2, -0.15) is 0 Å². The lowest BCUT2D eigenvalue weighted by molar-refractivity contribution is -0.129. The summed E-state index contributed by atoms with van der Waals surface area (Å²) in [7, 11) is 1.64. The molecule has 0 bridgehead atoms. The van der Waals surface area contributed by atoms with Crippen molar-refractivity contribution in [3.8, 4) is 0 Å². The summed E-state index contributed by atoms with van der Waals surface area (Å²) in [6, 6.07) is 22.7. The van der Waals surface area contributed by atoms with Gasteiger partial charge in [-0.25, -0.2) is 4.98 Å². The average Bonchev–Trinajstić information content (AvgIpc) is 2.90. The van der Waals surface area contributed by atoms with Gasteiger partial charge in [-0.15, -0.1) is 0 Å². The van der Waals surface area contributed by atoms with Crippen LogP contribution in [-0.4, -0.2) is 46.2 Å². The predicted octanol–water partition coefficient (Wildman–Crippen LogP) is 2.50. The van der Waals surface area contributed by atoms with Crippen molar-refractivity contribution >= 4 is 46.7 Å². The Morgan fingerprint density at radius 1 is 0.973 bits per heavy atom. The highest BCUT2D eigenvalue weighted by Gasteiger charge is 2.29. The molecule has 188 valence electrons. The molecule has 3 aromatic carbocycles. The van der Waals surface area contributed by atoms with Gasteiger partial charge in [0.2, 0.25) is 5.91 Å². The average molecular weight is 500 g/mol. The number of amides is 2. The highest BCUT2D eigenvalue weighted by atomic mass is 16.3. The van der Waals surface area contributed by atoms with Crippen LogP contribution in [0.2, 0.25) is 0 Å². The van der Waals surface area contributed by atoms with Crippen LogP contribution in [0.15, 0.2) is 85.1 Å². The van der Waals surface area contributed by atoms with Crippen molar-refractivity contribution in [1.82, 2.24) is 15.4 Å². The molecule has 0 spiro atoms. The van der Waals surface area contributed by atoms with Gasteiger partial charge in [0.25, 0.3) is 12.4 Å². The van der Waals surface area contributed by atoms with Crippen molar-refractivity contribution in [2.75, 3.05) is 17.4 Å². The monoisotopic (exact) mass is 499 g/mol. The van der Waals surface area contributed by atoms with Crippen LogP contribution in [0.25, 0.3) is 11.0 Å². The molecule has 4 aromatic rings. The zero-order valence-corrected chi connectivity index (χ0v) is 19.8. The number of nitrogens with two attached hydrogens (primary N) is 1. The number of aromatic nitrogens is 2. The van der Waals surface area contributed by atoms with Crippen molar-refractivity contribution < 1.29 is 19.5 Å². The van der Waals surface area contributed by atoms with Crippen LogP contribution in [0.5, 0.6) is 0 Å². The number of nitrogens with one attached hydrogen (secondary N) is 3. The zero-order valence-electron chi connectivity index (χ0n) is 19.8. The summed E-state index contributed by atoms with van der Waals surface area (Å²) in [5.74, 6) is -1.79. The molecular formula is C26H25N7O4. The number of carbonyl (C=O) groups is 3. The minimum Gasteiger partial charge on any atom is -0.483 e. The third kappa shape index (κ3) is 6.85. The number of rotatable bonds is 7. The second kappa shape index (κ2) is 12.4. The Hall–Kier alpha value is -5.32. The Balaban J connectivity index is 0.00000121. The lowest BCUT2D eigenvalue weighted by Crippen LogP contribution is -2.45. The molecule has 0 fully saturated rings. The SMILES string of the molecule is CN(NC(=O)C(C(=O)Nc1ccc(C(=N)N)cc1)c1ccccc1)c1cnc2ccccc2n1.O=CO. The van der Waals surface area contributed by atoms with Crippen LogP contribution < -0.4 is 21.5 Å². The molecule has 37 heavy (non-hydrogen) atoms. The fourth-order valence-corrected chi connectivity index (χ4v) is 3.41. The molecule has 11 heteroatoms. The smallest absolute Gasteiger partial charge is 0.290 e. The van der Waals surface area contributed by atoms with E-state index >= 15 is 0 Å². The van der Waals surface area contributed by atoms with Gasteiger partial charge in [0.1, 0.15) is 11.8 Å². The van der Waals surface area contributed by atoms with E-state index in [0.29, 0.717) is 28.1 Å². The second-order valence-electron chi connectivity index (χ2n) is 7.68. The predicted molar refractivity (Wildman–Crippen MR) is 140 cm³/mol. The van der Waals surface area contributed by atoms with Gasteiger partial charge < -0.3 is 16.2 Å². The molecule has 0 saturated heterocycles. The lowest BCUT2D eigenvalue weighted by Gasteiger charge is -2.23. The Kier molecular flexibility index (Phi) is 8.81. The third-order valence-corrected chi connectivity index (χ3v) is 5.18. The maximum Gasteiger partial charge on any atom is 0.290 e. The number of carbonyl (C=O) groups excluding carboxylic acids is 2. The first-order valence-electron chi connectivity index (χ1n) is 11.0. The highest BCUT2D eigenvalue weighted by molar-refractivity contribution is 6.11. The minimum atomic E-state index is -1.12. The van der Waals surface area contributed by atoms with Gasteiger partial charge in [-0.3, -0.25) is 35.2 Å². The number of nitrogens with zero attached hydrogens (tertiary/aromatic N) is 3. The van der Waals surface area contributed by atoms with Crippen LogP contribution in [-0.2, 0) is 14.4 Å². The second-order valence-corrected chi connectivity index (χ2v) is 7.68. The molecule has 6 N–H and O–H groups in total. The Morgan fingerprint density at radius 3 is 2.19 bits per heavy atom. The Bertz CT molecular complexity index is 1400. The largest absolute Gasteiger partial charge is 0.483 e. The molecule has 1 unspecified atom stereocenters. The first-order valence-corrected chi connectivity index (χ1v) is 11.0. The molecule has 11 nitrogen and oxygen atoms in total. The quantitative estimate of drug-likeness (QED) is 0.0847. The van der Waals surface area contributed by atoms with Gasteiger partial charge in [-0.1, -0.05) is 42.5 Å². The number of nitrogen functional groups attached to an aromatic ring is 1. The van der Waals surface area contributed by atoms with Crippen LogP contribution in [0.3, 0.4) is 0 Å². The number of para-hydroxylation sites is 2. The number of carboxylic acid groups (broad SMARTS) is 1. The van der Waals surface area contributed by atoms with Crippen molar-refractivity contribution in [2.24, 2.45) is 5.73 Å². The topological polar surface area (TPSA) is 174 Å². The molecule has 0 radical (unpaired) electrons. The van der Waals surface area contributed by atoms with Gasteiger partial charge in [0.15, 0.2) is 5.82 Å². The van der Waals surface area contributed by atoms with E-state index in [9.17, 15) is 9.59 Å². The molecule has 1 atom stereocenters. The van der Waals surface area contributed by atoms with Crippen molar-refractivity contribution in [3.05, 3.63) is 96.2 Å². The fourth-order valence-electron chi connectivity index (χ4n) is 3.41. The highest BCUT2D eigenvalue weighted by Crippen LogP contribution is 2.20. The van der Waals surface area contributed by atoms with Gasteiger partial charge in [0, 0.05) is 18.3 Å². The van der Waals surface area contributed by atoms with E-state index in [4.69, 9.17) is 21.0 Å². The van der Waals surface area contributed by atoms with E-state index < -0.39 is 17.7 Å². The fraction of sp³-hybridized carbons (Fsp3) is 0.0769. The minimum absolute atomic E-state index is 0.0701. The molecule has 0 aliphatic rings. The van der Waals surface area contributed by atoms with E-state index in [1.807, 2.05) is 30.3 Å². The number of anilines is 2. The number of hydrogen-bond donors (Lipinski definition) is 5. The number of hydrogen-bond acceptors (Lipinski definition) is 7. The van der Waals surface area contributed by atoms with E-state index in [1.165, 1.54) is 5.01 Å². The van der Waals surface area contributed by atoms with Crippen LogP contribution >= 0.6 is 0 Å². The van der Waals surface area contributed by atoms with Crippen molar-refractivity contribution in [3.63, 3.8) is 0 Å². The summed E-state index contributed by atoms with van der Waals surface area (Å²) < 4.78 is 0. The number of hydrazine groups is 1. The third-order valence-electron chi connectivity index (χ3n) is 5.18. The molecule has 4 rings (SSSR count). The summed E-state index contributed by atoms with van der Waals surface area (Å²) >= 11 is 0. The maximum atomic E-state index is 13.3.